The lowest BCUT2D eigenvalue weighted by Crippen LogP contribution is -2.14. The standard InChI is InChI=1S/C17H17N3O/c21-17(7-6-15-3-1-2-9-19-15)20-16-5-4-13-8-10-18-12-14(13)11-16/h1-5,8-11,18H,6-7,12H2,(H,20,21). The Kier molecular flexibility index (Phi) is 3.96. The van der Waals surface area contributed by atoms with E-state index in [1.54, 1.807) is 6.20 Å². The summed E-state index contributed by atoms with van der Waals surface area (Å²) < 4.78 is 0. The zero-order chi connectivity index (χ0) is 14.5. The number of rotatable bonds is 4. The van der Waals surface area contributed by atoms with Crippen LogP contribution in [0.5, 0.6) is 0 Å². The van der Waals surface area contributed by atoms with Crippen molar-refractivity contribution in [1.82, 2.24) is 10.3 Å². The number of nitrogens with zero attached hydrogens (tertiary/aromatic N) is 1. The summed E-state index contributed by atoms with van der Waals surface area (Å²) in [5.74, 6) is 0.0138. The molecule has 0 saturated carbocycles. The van der Waals surface area contributed by atoms with Gasteiger partial charge in [0.15, 0.2) is 0 Å². The van der Waals surface area contributed by atoms with Gasteiger partial charge in [0.2, 0.25) is 5.91 Å². The first-order valence-electron chi connectivity index (χ1n) is 7.04. The summed E-state index contributed by atoms with van der Waals surface area (Å²) in [4.78, 5) is 16.2. The van der Waals surface area contributed by atoms with Gasteiger partial charge in [-0.1, -0.05) is 12.1 Å². The molecule has 1 aliphatic rings. The molecule has 0 unspecified atom stereocenters. The van der Waals surface area contributed by atoms with E-state index in [1.807, 2.05) is 48.7 Å². The van der Waals surface area contributed by atoms with Crippen LogP contribution in [0.1, 0.15) is 23.2 Å². The molecule has 1 aromatic heterocycles. The van der Waals surface area contributed by atoms with Crippen molar-refractivity contribution in [3.05, 3.63) is 65.6 Å². The van der Waals surface area contributed by atoms with Crippen LogP contribution in [0.3, 0.4) is 0 Å². The van der Waals surface area contributed by atoms with Gasteiger partial charge in [0.1, 0.15) is 0 Å². The number of hydrogen-bond donors (Lipinski definition) is 2. The molecule has 4 heteroatoms. The van der Waals surface area contributed by atoms with Crippen LogP contribution in [0.15, 0.2) is 48.8 Å². The van der Waals surface area contributed by atoms with E-state index in [9.17, 15) is 4.79 Å². The van der Waals surface area contributed by atoms with E-state index in [4.69, 9.17) is 0 Å². The molecule has 2 aromatic rings. The van der Waals surface area contributed by atoms with Crippen molar-refractivity contribution < 1.29 is 4.79 Å². The van der Waals surface area contributed by atoms with Crippen molar-refractivity contribution in [3.8, 4) is 0 Å². The minimum atomic E-state index is 0.0138. The van der Waals surface area contributed by atoms with Crippen LogP contribution in [-0.4, -0.2) is 10.9 Å². The van der Waals surface area contributed by atoms with E-state index in [0.717, 1.165) is 17.9 Å². The van der Waals surface area contributed by atoms with Crippen LogP contribution in [-0.2, 0) is 17.8 Å². The van der Waals surface area contributed by atoms with Gasteiger partial charge in [0, 0.05) is 30.5 Å². The second-order valence-electron chi connectivity index (χ2n) is 5.00. The molecule has 0 atom stereocenters. The second-order valence-corrected chi connectivity index (χ2v) is 5.00. The highest BCUT2D eigenvalue weighted by Gasteiger charge is 2.07. The molecule has 0 bridgehead atoms. The highest BCUT2D eigenvalue weighted by molar-refractivity contribution is 5.91. The maximum absolute atomic E-state index is 12.0. The number of carbonyl (C=O) groups is 1. The third kappa shape index (κ3) is 3.48. The highest BCUT2D eigenvalue weighted by atomic mass is 16.1. The van der Waals surface area contributed by atoms with E-state index in [-0.39, 0.29) is 5.91 Å². The third-order valence-electron chi connectivity index (χ3n) is 3.43. The van der Waals surface area contributed by atoms with Gasteiger partial charge in [-0.2, -0.15) is 0 Å². The molecule has 2 N–H and O–H groups in total. The Morgan fingerprint density at radius 2 is 2.24 bits per heavy atom. The quantitative estimate of drug-likeness (QED) is 0.904. The Hall–Kier alpha value is -2.62. The molecular formula is C17H17N3O. The zero-order valence-corrected chi connectivity index (χ0v) is 11.7. The molecule has 0 fully saturated rings. The Bertz CT molecular complexity index is 665. The average Bonchev–Trinajstić information content (AvgIpc) is 2.54. The summed E-state index contributed by atoms with van der Waals surface area (Å²) in [5.41, 5.74) is 4.17. The lowest BCUT2D eigenvalue weighted by atomic mass is 10.0. The van der Waals surface area contributed by atoms with Crippen molar-refractivity contribution in [2.24, 2.45) is 0 Å². The molecule has 1 aromatic carbocycles. The SMILES string of the molecule is O=C(CCc1ccccn1)Nc1ccc2c(c1)CNC=C2. The molecule has 0 spiro atoms. The second kappa shape index (κ2) is 6.22. The Morgan fingerprint density at radius 3 is 3.10 bits per heavy atom. The van der Waals surface area contributed by atoms with E-state index in [1.165, 1.54) is 11.1 Å². The van der Waals surface area contributed by atoms with Crippen LogP contribution in [0.25, 0.3) is 6.08 Å². The molecule has 106 valence electrons. The molecule has 0 radical (unpaired) electrons. The van der Waals surface area contributed by atoms with Crippen molar-refractivity contribution >= 4 is 17.7 Å². The summed E-state index contributed by atoms with van der Waals surface area (Å²) in [6.45, 7) is 0.795. The fourth-order valence-electron chi connectivity index (χ4n) is 2.33. The minimum absolute atomic E-state index is 0.0138. The number of nitrogens with one attached hydrogen (secondary N) is 2. The summed E-state index contributed by atoms with van der Waals surface area (Å²) in [7, 11) is 0. The number of anilines is 1. The smallest absolute Gasteiger partial charge is 0.224 e. The normalized spacial score (nSPS) is 12.4. The van der Waals surface area contributed by atoms with Crippen LogP contribution in [0, 0.1) is 0 Å². The monoisotopic (exact) mass is 279 g/mol. The Balaban J connectivity index is 1.59. The van der Waals surface area contributed by atoms with Crippen molar-refractivity contribution in [1.29, 1.82) is 0 Å². The van der Waals surface area contributed by atoms with Gasteiger partial charge in [0.25, 0.3) is 0 Å². The molecule has 4 nitrogen and oxygen atoms in total. The molecule has 1 amide bonds. The van der Waals surface area contributed by atoms with Gasteiger partial charge in [-0.25, -0.2) is 0 Å². The van der Waals surface area contributed by atoms with Gasteiger partial charge >= 0.3 is 0 Å². The lowest BCUT2D eigenvalue weighted by molar-refractivity contribution is -0.116. The molecule has 0 saturated heterocycles. The van der Waals surface area contributed by atoms with Crippen LogP contribution in [0.2, 0.25) is 0 Å². The van der Waals surface area contributed by atoms with E-state index < -0.39 is 0 Å². The summed E-state index contributed by atoms with van der Waals surface area (Å²) in [6, 6.07) is 11.7. The number of benzene rings is 1. The summed E-state index contributed by atoms with van der Waals surface area (Å²) in [6.07, 6.45) is 6.81. The number of aromatic nitrogens is 1. The summed E-state index contributed by atoms with van der Waals surface area (Å²) >= 11 is 0. The average molecular weight is 279 g/mol. The first kappa shape index (κ1) is 13.4. The molecule has 2 heterocycles. The van der Waals surface area contributed by atoms with Crippen LogP contribution >= 0.6 is 0 Å². The largest absolute Gasteiger partial charge is 0.387 e. The molecular weight excluding hydrogens is 262 g/mol. The lowest BCUT2D eigenvalue weighted by Gasteiger charge is -2.14. The fourth-order valence-corrected chi connectivity index (χ4v) is 2.33. The predicted molar refractivity (Wildman–Crippen MR) is 83.5 cm³/mol. The van der Waals surface area contributed by atoms with Gasteiger partial charge in [0.05, 0.1) is 0 Å². The molecule has 0 aliphatic carbocycles. The van der Waals surface area contributed by atoms with Gasteiger partial charge < -0.3 is 10.6 Å². The fraction of sp³-hybridized carbons (Fsp3) is 0.176. The van der Waals surface area contributed by atoms with Gasteiger partial charge in [-0.3, -0.25) is 9.78 Å². The predicted octanol–water partition coefficient (Wildman–Crippen LogP) is 2.73. The number of carbonyl (C=O) groups excluding carboxylic acids is 1. The van der Waals surface area contributed by atoms with Gasteiger partial charge in [-0.05, 0) is 54.1 Å². The van der Waals surface area contributed by atoms with E-state index in [2.05, 4.69) is 15.6 Å². The Morgan fingerprint density at radius 1 is 1.29 bits per heavy atom. The maximum Gasteiger partial charge on any atom is 0.224 e. The van der Waals surface area contributed by atoms with E-state index >= 15 is 0 Å². The van der Waals surface area contributed by atoms with Crippen LogP contribution in [0.4, 0.5) is 5.69 Å². The number of fused-ring (bicyclic) bond motifs is 1. The number of hydrogen-bond acceptors (Lipinski definition) is 3. The number of aryl methyl sites for hydroxylation is 1. The zero-order valence-electron chi connectivity index (χ0n) is 11.7. The number of pyridine rings is 1. The Labute approximate surface area is 123 Å². The molecule has 3 rings (SSSR count). The topological polar surface area (TPSA) is 54.0 Å². The number of amides is 1. The molecule has 21 heavy (non-hydrogen) atoms. The summed E-state index contributed by atoms with van der Waals surface area (Å²) in [5, 5.41) is 6.11. The van der Waals surface area contributed by atoms with Crippen molar-refractivity contribution in [2.75, 3.05) is 5.32 Å². The first-order valence-corrected chi connectivity index (χ1v) is 7.04. The van der Waals surface area contributed by atoms with Crippen LogP contribution < -0.4 is 10.6 Å². The molecule has 1 aliphatic heterocycles. The first-order chi connectivity index (χ1) is 10.3. The van der Waals surface area contributed by atoms with Crippen molar-refractivity contribution in [2.45, 2.75) is 19.4 Å². The van der Waals surface area contributed by atoms with E-state index in [0.29, 0.717) is 12.8 Å². The maximum atomic E-state index is 12.0. The highest BCUT2D eigenvalue weighted by Crippen LogP contribution is 2.19. The minimum Gasteiger partial charge on any atom is -0.387 e. The van der Waals surface area contributed by atoms with Crippen molar-refractivity contribution in [3.63, 3.8) is 0 Å². The third-order valence-corrected chi connectivity index (χ3v) is 3.43. The van der Waals surface area contributed by atoms with Gasteiger partial charge in [-0.15, -0.1) is 0 Å².